The zero-order valence-corrected chi connectivity index (χ0v) is 15.8. The number of carbonyl (C=O) groups is 1. The van der Waals surface area contributed by atoms with Crippen molar-refractivity contribution in [2.75, 3.05) is 7.11 Å². The lowest BCUT2D eigenvalue weighted by Gasteiger charge is -2.20. The molecular weight excluding hydrogens is 376 g/mol. The number of fused-ring (bicyclic) bond motifs is 1. The molecule has 0 radical (unpaired) electrons. The Morgan fingerprint density at radius 2 is 1.89 bits per heavy atom. The molecule has 0 bridgehead atoms. The first-order valence-corrected chi connectivity index (χ1v) is 9.04. The van der Waals surface area contributed by atoms with Crippen molar-refractivity contribution in [1.82, 2.24) is 19.9 Å². The Bertz CT molecular complexity index is 1130. The van der Waals surface area contributed by atoms with Gasteiger partial charge in [-0.1, -0.05) is 54.1 Å². The lowest BCUT2D eigenvalue weighted by atomic mass is 9.98. The highest BCUT2D eigenvalue weighted by Gasteiger charge is 2.23. The summed E-state index contributed by atoms with van der Waals surface area (Å²) in [4.78, 5) is 17.2. The summed E-state index contributed by atoms with van der Waals surface area (Å²) in [7, 11) is 1.61. The number of nitrogens with zero attached hydrogens (tertiary/aromatic N) is 3. The van der Waals surface area contributed by atoms with Crippen molar-refractivity contribution in [3.8, 4) is 5.75 Å². The molecule has 0 aliphatic rings. The Hall–Kier alpha value is -3.38. The molecule has 0 aliphatic heterocycles. The van der Waals surface area contributed by atoms with E-state index in [0.29, 0.717) is 11.4 Å². The minimum atomic E-state index is -0.391. The molecule has 2 heterocycles. The van der Waals surface area contributed by atoms with Gasteiger partial charge < -0.3 is 10.1 Å². The van der Waals surface area contributed by atoms with Gasteiger partial charge in [0.2, 0.25) is 0 Å². The third-order valence-electron chi connectivity index (χ3n) is 4.39. The second kappa shape index (κ2) is 7.70. The minimum absolute atomic E-state index is 0.129. The van der Waals surface area contributed by atoms with Gasteiger partial charge >= 0.3 is 0 Å². The maximum absolute atomic E-state index is 13.0. The summed E-state index contributed by atoms with van der Waals surface area (Å²) in [5.74, 6) is 0.329. The highest BCUT2D eigenvalue weighted by molar-refractivity contribution is 6.36. The van der Waals surface area contributed by atoms with Gasteiger partial charge in [-0.2, -0.15) is 5.10 Å². The second-order valence-electron chi connectivity index (χ2n) is 6.14. The van der Waals surface area contributed by atoms with Crippen molar-refractivity contribution in [1.29, 1.82) is 0 Å². The van der Waals surface area contributed by atoms with E-state index in [2.05, 4.69) is 15.4 Å². The van der Waals surface area contributed by atoms with Crippen LogP contribution >= 0.6 is 11.6 Å². The fourth-order valence-corrected chi connectivity index (χ4v) is 3.29. The van der Waals surface area contributed by atoms with Gasteiger partial charge in [-0.15, -0.1) is 0 Å². The molecule has 6 nitrogen and oxygen atoms in total. The maximum atomic E-state index is 13.0. The number of benzene rings is 2. The van der Waals surface area contributed by atoms with Gasteiger partial charge in [-0.3, -0.25) is 4.79 Å². The van der Waals surface area contributed by atoms with Crippen molar-refractivity contribution in [2.45, 2.75) is 6.04 Å². The van der Waals surface area contributed by atoms with E-state index >= 15 is 0 Å². The van der Waals surface area contributed by atoms with E-state index in [9.17, 15) is 4.79 Å². The first-order chi connectivity index (χ1) is 13.7. The zero-order valence-electron chi connectivity index (χ0n) is 15.0. The van der Waals surface area contributed by atoms with E-state index in [-0.39, 0.29) is 16.6 Å². The van der Waals surface area contributed by atoms with Gasteiger partial charge in [0, 0.05) is 12.4 Å². The predicted molar refractivity (Wildman–Crippen MR) is 107 cm³/mol. The Morgan fingerprint density at radius 3 is 2.64 bits per heavy atom. The van der Waals surface area contributed by atoms with E-state index < -0.39 is 6.04 Å². The van der Waals surface area contributed by atoms with Crippen LogP contribution in [0.2, 0.25) is 5.02 Å². The van der Waals surface area contributed by atoms with Crippen molar-refractivity contribution in [2.24, 2.45) is 0 Å². The standard InChI is InChI=1S/C21H17ClN4O2/c1-28-16-10-5-9-15(13-16)18(14-7-3-2-4-8-14)24-21(27)19-17(22)20-23-11-6-12-26(20)25-19/h2-13,18H,1H3,(H,24,27)/t18-/m0/s1. The van der Waals surface area contributed by atoms with Gasteiger partial charge in [0.25, 0.3) is 5.91 Å². The highest BCUT2D eigenvalue weighted by Crippen LogP contribution is 2.27. The first-order valence-electron chi connectivity index (χ1n) is 8.66. The Kier molecular flexibility index (Phi) is 4.95. The molecule has 0 spiro atoms. The fraction of sp³-hybridized carbons (Fsp3) is 0.0952. The van der Waals surface area contributed by atoms with Crippen LogP contribution < -0.4 is 10.1 Å². The number of ether oxygens (including phenoxy) is 1. The summed E-state index contributed by atoms with van der Waals surface area (Å²) in [5, 5.41) is 7.53. The fourth-order valence-electron chi connectivity index (χ4n) is 3.03. The molecule has 2 aromatic heterocycles. The monoisotopic (exact) mass is 392 g/mol. The lowest BCUT2D eigenvalue weighted by Crippen LogP contribution is -2.30. The molecule has 1 amide bonds. The van der Waals surface area contributed by atoms with Crippen LogP contribution in [-0.4, -0.2) is 27.6 Å². The van der Waals surface area contributed by atoms with Crippen LogP contribution in [0.1, 0.15) is 27.7 Å². The molecule has 0 saturated carbocycles. The van der Waals surface area contributed by atoms with Gasteiger partial charge in [0.05, 0.1) is 13.2 Å². The topological polar surface area (TPSA) is 68.5 Å². The van der Waals surface area contributed by atoms with Crippen LogP contribution in [0.25, 0.3) is 5.65 Å². The zero-order chi connectivity index (χ0) is 19.5. The van der Waals surface area contributed by atoms with Gasteiger partial charge in [-0.25, -0.2) is 9.50 Å². The molecule has 4 rings (SSSR count). The van der Waals surface area contributed by atoms with Crippen molar-refractivity contribution in [3.05, 3.63) is 94.9 Å². The smallest absolute Gasteiger partial charge is 0.274 e. The molecule has 28 heavy (non-hydrogen) atoms. The molecule has 4 aromatic rings. The average molecular weight is 393 g/mol. The second-order valence-corrected chi connectivity index (χ2v) is 6.52. The average Bonchev–Trinajstić information content (AvgIpc) is 3.09. The van der Waals surface area contributed by atoms with Crippen LogP contribution in [-0.2, 0) is 0 Å². The Labute approximate surface area is 166 Å². The largest absolute Gasteiger partial charge is 0.497 e. The molecule has 7 heteroatoms. The van der Waals surface area contributed by atoms with Crippen molar-refractivity contribution < 1.29 is 9.53 Å². The normalized spacial score (nSPS) is 11.9. The molecule has 0 aliphatic carbocycles. The molecule has 1 N–H and O–H groups in total. The number of hydrogen-bond acceptors (Lipinski definition) is 4. The van der Waals surface area contributed by atoms with E-state index in [1.807, 2.05) is 54.6 Å². The molecule has 0 fully saturated rings. The number of carbonyl (C=O) groups excluding carboxylic acids is 1. The van der Waals surface area contributed by atoms with E-state index in [4.69, 9.17) is 16.3 Å². The summed E-state index contributed by atoms with van der Waals surface area (Å²) in [5.41, 5.74) is 2.38. The summed E-state index contributed by atoms with van der Waals surface area (Å²) in [6, 6.07) is 18.6. The molecule has 1 atom stereocenters. The van der Waals surface area contributed by atoms with Crippen LogP contribution in [0.4, 0.5) is 0 Å². The van der Waals surface area contributed by atoms with Gasteiger partial charge in [0.15, 0.2) is 11.3 Å². The quantitative estimate of drug-likeness (QED) is 0.559. The summed E-state index contributed by atoms with van der Waals surface area (Å²) < 4.78 is 6.82. The van der Waals surface area contributed by atoms with Gasteiger partial charge in [-0.05, 0) is 29.3 Å². The van der Waals surface area contributed by atoms with Gasteiger partial charge in [0.1, 0.15) is 10.8 Å². The number of hydrogen-bond donors (Lipinski definition) is 1. The van der Waals surface area contributed by atoms with Crippen molar-refractivity contribution >= 4 is 23.2 Å². The number of halogens is 1. The highest BCUT2D eigenvalue weighted by atomic mass is 35.5. The van der Waals surface area contributed by atoms with Crippen LogP contribution in [0.15, 0.2) is 73.1 Å². The van der Waals surface area contributed by atoms with E-state index in [0.717, 1.165) is 11.1 Å². The minimum Gasteiger partial charge on any atom is -0.497 e. The predicted octanol–water partition coefficient (Wildman–Crippen LogP) is 3.91. The van der Waals surface area contributed by atoms with Crippen LogP contribution in [0.3, 0.4) is 0 Å². The van der Waals surface area contributed by atoms with E-state index in [1.54, 1.807) is 25.6 Å². The van der Waals surface area contributed by atoms with E-state index in [1.165, 1.54) is 4.52 Å². The number of aromatic nitrogens is 3. The lowest BCUT2D eigenvalue weighted by molar-refractivity contribution is 0.0937. The molecule has 0 saturated heterocycles. The maximum Gasteiger partial charge on any atom is 0.274 e. The number of methoxy groups -OCH3 is 1. The van der Waals surface area contributed by atoms with Crippen molar-refractivity contribution in [3.63, 3.8) is 0 Å². The number of amides is 1. The summed E-state index contributed by atoms with van der Waals surface area (Å²) >= 11 is 6.35. The molecule has 140 valence electrons. The Balaban J connectivity index is 1.72. The third-order valence-corrected chi connectivity index (χ3v) is 4.74. The van der Waals surface area contributed by atoms with Crippen LogP contribution in [0.5, 0.6) is 5.75 Å². The molecule has 2 aromatic carbocycles. The molecule has 0 unspecified atom stereocenters. The summed E-state index contributed by atoms with van der Waals surface area (Å²) in [6.45, 7) is 0. The Morgan fingerprint density at radius 1 is 1.11 bits per heavy atom. The SMILES string of the molecule is COc1cccc([C@@H](NC(=O)c2nn3cccnc3c2Cl)c2ccccc2)c1. The first kappa shape index (κ1) is 18.0. The summed E-state index contributed by atoms with van der Waals surface area (Å²) in [6.07, 6.45) is 3.30. The molecular formula is C21H17ClN4O2. The van der Waals surface area contributed by atoms with Crippen LogP contribution in [0, 0.1) is 0 Å². The number of rotatable bonds is 5. The number of nitrogens with one attached hydrogen (secondary N) is 1. The third kappa shape index (κ3) is 3.42.